The number of para-hydroxylation sites is 1. The number of rotatable bonds is 7. The van der Waals surface area contributed by atoms with Gasteiger partial charge in [0.2, 0.25) is 0 Å². The van der Waals surface area contributed by atoms with Crippen molar-refractivity contribution in [2.45, 2.75) is 45.5 Å². The standard InChI is InChI=1S/C23H29F3N2O.ClH/c1-17(2)20-12-13-21(18-8-4-3-5-9-18)28(15-20)27-14-19-10-6-7-11-22(19)29-16-23(24,25)26;/h3-11,17,20-21,27H,12-16H2,1-2H3;1H. The first kappa shape index (κ1) is 24.5. The van der Waals surface area contributed by atoms with Gasteiger partial charge in [-0.25, -0.2) is 5.01 Å². The summed E-state index contributed by atoms with van der Waals surface area (Å²) in [4.78, 5) is 0. The van der Waals surface area contributed by atoms with Crippen molar-refractivity contribution in [2.24, 2.45) is 11.8 Å². The number of nitrogens with zero attached hydrogens (tertiary/aromatic N) is 1. The predicted octanol–water partition coefficient (Wildman–Crippen LogP) is 6.16. The van der Waals surface area contributed by atoms with Crippen LogP contribution >= 0.6 is 12.4 Å². The number of nitrogens with one attached hydrogen (secondary N) is 1. The Balaban J connectivity index is 0.00000320. The Morgan fingerprint density at radius 1 is 1.03 bits per heavy atom. The third-order valence-electron chi connectivity index (χ3n) is 5.58. The van der Waals surface area contributed by atoms with Gasteiger partial charge in [-0.3, -0.25) is 5.43 Å². The lowest BCUT2D eigenvalue weighted by Crippen LogP contribution is -2.47. The molecule has 2 unspecified atom stereocenters. The number of piperidine rings is 1. The van der Waals surface area contributed by atoms with Crippen LogP contribution in [0, 0.1) is 11.8 Å². The number of hydrogen-bond acceptors (Lipinski definition) is 3. The van der Waals surface area contributed by atoms with E-state index in [0.29, 0.717) is 18.4 Å². The number of halogens is 4. The number of hydrazine groups is 1. The van der Waals surface area contributed by atoms with Crippen LogP contribution in [0.2, 0.25) is 0 Å². The van der Waals surface area contributed by atoms with Crippen LogP contribution in [0.1, 0.15) is 43.9 Å². The van der Waals surface area contributed by atoms with Crippen LogP contribution in [-0.2, 0) is 6.54 Å². The highest BCUT2D eigenvalue weighted by molar-refractivity contribution is 5.85. The fraction of sp³-hybridized carbons (Fsp3) is 0.478. The van der Waals surface area contributed by atoms with Gasteiger partial charge in [0, 0.05) is 24.7 Å². The smallest absolute Gasteiger partial charge is 0.422 e. The van der Waals surface area contributed by atoms with Crippen LogP contribution in [0.4, 0.5) is 13.2 Å². The lowest BCUT2D eigenvalue weighted by Gasteiger charge is -2.41. The van der Waals surface area contributed by atoms with Gasteiger partial charge < -0.3 is 4.74 Å². The molecule has 1 fully saturated rings. The van der Waals surface area contributed by atoms with Crippen LogP contribution in [0.3, 0.4) is 0 Å². The van der Waals surface area contributed by atoms with Gasteiger partial charge in [-0.15, -0.1) is 12.4 Å². The van der Waals surface area contributed by atoms with E-state index >= 15 is 0 Å². The van der Waals surface area contributed by atoms with E-state index in [1.807, 2.05) is 24.3 Å². The Kier molecular flexibility index (Phi) is 9.01. The molecule has 2 aromatic carbocycles. The van der Waals surface area contributed by atoms with E-state index in [9.17, 15) is 13.2 Å². The molecule has 3 nitrogen and oxygen atoms in total. The van der Waals surface area contributed by atoms with Crippen LogP contribution in [0.15, 0.2) is 54.6 Å². The van der Waals surface area contributed by atoms with E-state index in [0.717, 1.165) is 18.5 Å². The molecule has 2 aromatic rings. The summed E-state index contributed by atoms with van der Waals surface area (Å²) in [5.41, 5.74) is 5.45. The zero-order valence-corrected chi connectivity index (χ0v) is 18.2. The Labute approximate surface area is 183 Å². The van der Waals surface area contributed by atoms with Crippen molar-refractivity contribution >= 4 is 12.4 Å². The quantitative estimate of drug-likeness (QED) is 0.555. The minimum absolute atomic E-state index is 0. The van der Waals surface area contributed by atoms with Gasteiger partial charge in [-0.1, -0.05) is 62.4 Å². The predicted molar refractivity (Wildman–Crippen MR) is 116 cm³/mol. The summed E-state index contributed by atoms with van der Waals surface area (Å²) in [5.74, 6) is 1.43. The molecule has 1 heterocycles. The second-order valence-corrected chi connectivity index (χ2v) is 8.01. The minimum Gasteiger partial charge on any atom is -0.484 e. The van der Waals surface area contributed by atoms with Crippen molar-refractivity contribution < 1.29 is 17.9 Å². The molecule has 0 spiro atoms. The zero-order valence-electron chi connectivity index (χ0n) is 17.4. The average molecular weight is 443 g/mol. The molecule has 1 N–H and O–H groups in total. The highest BCUT2D eigenvalue weighted by Crippen LogP contribution is 2.35. The van der Waals surface area contributed by atoms with E-state index in [1.54, 1.807) is 18.2 Å². The maximum atomic E-state index is 12.6. The summed E-state index contributed by atoms with van der Waals surface area (Å²) in [6, 6.07) is 17.5. The first-order valence-electron chi connectivity index (χ1n) is 10.2. The summed E-state index contributed by atoms with van der Waals surface area (Å²) in [6.07, 6.45) is -2.14. The van der Waals surface area contributed by atoms with Gasteiger partial charge in [0.15, 0.2) is 6.61 Å². The number of benzene rings is 2. The van der Waals surface area contributed by atoms with E-state index < -0.39 is 12.8 Å². The van der Waals surface area contributed by atoms with Crippen LogP contribution in [0.5, 0.6) is 5.75 Å². The molecule has 3 rings (SSSR count). The maximum absolute atomic E-state index is 12.6. The highest BCUT2D eigenvalue weighted by atomic mass is 35.5. The first-order chi connectivity index (χ1) is 13.8. The highest BCUT2D eigenvalue weighted by Gasteiger charge is 2.31. The maximum Gasteiger partial charge on any atom is 0.422 e. The average Bonchev–Trinajstić information content (AvgIpc) is 2.71. The molecule has 166 valence electrons. The molecule has 0 bridgehead atoms. The van der Waals surface area contributed by atoms with Crippen molar-refractivity contribution in [3.05, 3.63) is 65.7 Å². The van der Waals surface area contributed by atoms with Crippen molar-refractivity contribution in [2.75, 3.05) is 13.2 Å². The monoisotopic (exact) mass is 442 g/mol. The molecule has 1 aliphatic rings. The molecule has 2 atom stereocenters. The van der Waals surface area contributed by atoms with Crippen LogP contribution < -0.4 is 10.2 Å². The van der Waals surface area contributed by atoms with E-state index in [2.05, 4.69) is 36.4 Å². The summed E-state index contributed by atoms with van der Waals surface area (Å²) >= 11 is 0. The van der Waals surface area contributed by atoms with Gasteiger partial charge in [-0.2, -0.15) is 13.2 Å². The number of hydrogen-bond donors (Lipinski definition) is 1. The molecular formula is C23H30ClF3N2O. The topological polar surface area (TPSA) is 24.5 Å². The molecule has 0 amide bonds. The summed E-state index contributed by atoms with van der Waals surface area (Å²) in [7, 11) is 0. The minimum atomic E-state index is -4.35. The van der Waals surface area contributed by atoms with Crippen molar-refractivity contribution in [1.29, 1.82) is 0 Å². The van der Waals surface area contributed by atoms with Gasteiger partial charge in [0.05, 0.1) is 0 Å². The molecule has 7 heteroatoms. The van der Waals surface area contributed by atoms with Crippen LogP contribution in [0.25, 0.3) is 0 Å². The van der Waals surface area contributed by atoms with Crippen molar-refractivity contribution in [3.63, 3.8) is 0 Å². The van der Waals surface area contributed by atoms with E-state index in [1.165, 1.54) is 12.0 Å². The molecule has 30 heavy (non-hydrogen) atoms. The largest absolute Gasteiger partial charge is 0.484 e. The molecule has 0 saturated carbocycles. The number of alkyl halides is 3. The van der Waals surface area contributed by atoms with Crippen molar-refractivity contribution in [1.82, 2.24) is 10.4 Å². The molecule has 0 aliphatic carbocycles. The van der Waals surface area contributed by atoms with Crippen molar-refractivity contribution in [3.8, 4) is 5.75 Å². The lowest BCUT2D eigenvalue weighted by atomic mass is 9.84. The van der Waals surface area contributed by atoms with Gasteiger partial charge in [0.25, 0.3) is 0 Å². The Bertz CT molecular complexity index is 771. The lowest BCUT2D eigenvalue weighted by molar-refractivity contribution is -0.153. The fourth-order valence-corrected chi connectivity index (χ4v) is 3.88. The summed E-state index contributed by atoms with van der Waals surface area (Å²) in [5, 5.41) is 2.25. The van der Waals surface area contributed by atoms with Crippen LogP contribution in [-0.4, -0.2) is 24.3 Å². The molecule has 0 aromatic heterocycles. The zero-order chi connectivity index (χ0) is 20.9. The van der Waals surface area contributed by atoms with Gasteiger partial charge in [0.1, 0.15) is 5.75 Å². The molecule has 0 radical (unpaired) electrons. The Morgan fingerprint density at radius 2 is 1.70 bits per heavy atom. The third kappa shape index (κ3) is 6.89. The SMILES string of the molecule is CC(C)C1CCC(c2ccccc2)N(NCc2ccccc2OCC(F)(F)F)C1.Cl. The fourth-order valence-electron chi connectivity index (χ4n) is 3.88. The molecular weight excluding hydrogens is 413 g/mol. The Morgan fingerprint density at radius 3 is 2.37 bits per heavy atom. The van der Waals surface area contributed by atoms with E-state index in [-0.39, 0.29) is 24.2 Å². The van der Waals surface area contributed by atoms with E-state index in [4.69, 9.17) is 4.74 Å². The summed E-state index contributed by atoms with van der Waals surface area (Å²) in [6.45, 7) is 4.53. The van der Waals surface area contributed by atoms with Gasteiger partial charge >= 0.3 is 6.18 Å². The second-order valence-electron chi connectivity index (χ2n) is 8.01. The Hall–Kier alpha value is -1.76. The number of ether oxygens (including phenoxy) is 1. The summed E-state index contributed by atoms with van der Waals surface area (Å²) < 4.78 is 42.7. The molecule has 1 aliphatic heterocycles. The second kappa shape index (κ2) is 11.0. The third-order valence-corrected chi connectivity index (χ3v) is 5.58. The molecule has 1 saturated heterocycles. The van der Waals surface area contributed by atoms with Gasteiger partial charge in [-0.05, 0) is 36.3 Å². The first-order valence-corrected chi connectivity index (χ1v) is 10.2. The normalized spacial score (nSPS) is 20.1.